The van der Waals surface area contributed by atoms with Crippen molar-refractivity contribution in [2.75, 3.05) is 50.3 Å². The normalized spacial score (nSPS) is 10.7. The molecule has 19 heavy (non-hydrogen) atoms. The summed E-state index contributed by atoms with van der Waals surface area (Å²) in [7, 11) is 0. The number of ether oxygens (including phenoxy) is 2. The van der Waals surface area contributed by atoms with Crippen LogP contribution < -0.4 is 4.90 Å². The molecule has 0 saturated heterocycles. The highest BCUT2D eigenvalue weighted by molar-refractivity contribution is 6.17. The molecule has 0 heterocycles. The highest BCUT2D eigenvalue weighted by Gasteiger charge is 2.03. The van der Waals surface area contributed by atoms with Gasteiger partial charge in [0.1, 0.15) is 0 Å². The Kier molecular flexibility index (Phi) is 8.63. The summed E-state index contributed by atoms with van der Waals surface area (Å²) in [5.41, 5.74) is 2.54. The van der Waals surface area contributed by atoms with Gasteiger partial charge in [0.2, 0.25) is 0 Å². The predicted molar refractivity (Wildman–Crippen MR) is 81.4 cm³/mol. The Labute approximate surface area is 121 Å². The lowest BCUT2D eigenvalue weighted by Gasteiger charge is -2.23. The molecule has 0 aromatic heterocycles. The van der Waals surface area contributed by atoms with Crippen molar-refractivity contribution in [2.45, 2.75) is 13.8 Å². The number of halogens is 1. The van der Waals surface area contributed by atoms with Crippen LogP contribution in [0, 0.1) is 6.92 Å². The maximum Gasteiger partial charge on any atom is 0.0701 e. The summed E-state index contributed by atoms with van der Waals surface area (Å²) in [5.74, 6) is 0.539. The number of nitrogens with zero attached hydrogens (tertiary/aromatic N) is 1. The maximum absolute atomic E-state index is 5.55. The second-order valence-corrected chi connectivity index (χ2v) is 4.71. The third kappa shape index (κ3) is 6.81. The van der Waals surface area contributed by atoms with Crippen LogP contribution in [0.1, 0.15) is 12.5 Å². The third-order valence-electron chi connectivity index (χ3n) is 2.85. The molecule has 4 heteroatoms. The topological polar surface area (TPSA) is 21.7 Å². The molecule has 0 fully saturated rings. The molecular formula is C15H24ClNO2. The number of alkyl halides is 1. The van der Waals surface area contributed by atoms with E-state index >= 15 is 0 Å². The lowest BCUT2D eigenvalue weighted by molar-refractivity contribution is 0.0563. The van der Waals surface area contributed by atoms with E-state index in [4.69, 9.17) is 21.1 Å². The summed E-state index contributed by atoms with van der Waals surface area (Å²) >= 11 is 5.51. The van der Waals surface area contributed by atoms with E-state index in [1.54, 1.807) is 0 Å². The van der Waals surface area contributed by atoms with Crippen LogP contribution in [0.2, 0.25) is 0 Å². The average molecular weight is 286 g/mol. The van der Waals surface area contributed by atoms with Gasteiger partial charge in [0.05, 0.1) is 26.4 Å². The molecule has 0 N–H and O–H groups in total. The second kappa shape index (κ2) is 10.1. The van der Waals surface area contributed by atoms with Crippen LogP contribution in [-0.4, -0.2) is 45.4 Å². The van der Waals surface area contributed by atoms with Crippen LogP contribution in [0.4, 0.5) is 5.69 Å². The van der Waals surface area contributed by atoms with Gasteiger partial charge in [-0.05, 0) is 31.5 Å². The van der Waals surface area contributed by atoms with Crippen molar-refractivity contribution in [3.8, 4) is 0 Å². The molecular weight excluding hydrogens is 262 g/mol. The summed E-state index contributed by atoms with van der Waals surface area (Å²) in [6, 6.07) is 8.55. The Bertz CT molecular complexity index is 347. The molecule has 0 saturated carbocycles. The molecule has 1 aromatic rings. The molecule has 1 rings (SSSR count). The zero-order valence-electron chi connectivity index (χ0n) is 11.9. The van der Waals surface area contributed by atoms with Crippen molar-refractivity contribution in [1.29, 1.82) is 0 Å². The minimum absolute atomic E-state index is 0.539. The number of likely N-dealkylation sites (N-methyl/N-ethyl adjacent to an activating group) is 1. The molecule has 108 valence electrons. The van der Waals surface area contributed by atoms with Gasteiger partial charge in [-0.15, -0.1) is 11.6 Å². The molecule has 0 radical (unpaired) electrons. The highest BCUT2D eigenvalue weighted by Crippen LogP contribution is 2.15. The van der Waals surface area contributed by atoms with Gasteiger partial charge in [0.15, 0.2) is 0 Å². The molecule has 3 nitrogen and oxygen atoms in total. The standard InChI is InChI=1S/C15H24ClNO2/c1-3-17(15-6-4-5-14(2)13-15)8-10-19-12-11-18-9-7-16/h4-6,13H,3,7-12H2,1-2H3. The van der Waals surface area contributed by atoms with Gasteiger partial charge in [-0.2, -0.15) is 0 Å². The van der Waals surface area contributed by atoms with Crippen molar-refractivity contribution in [3.05, 3.63) is 29.8 Å². The smallest absolute Gasteiger partial charge is 0.0701 e. The quantitative estimate of drug-likeness (QED) is 0.487. The van der Waals surface area contributed by atoms with E-state index in [1.165, 1.54) is 11.3 Å². The van der Waals surface area contributed by atoms with Crippen LogP contribution in [0.3, 0.4) is 0 Å². The van der Waals surface area contributed by atoms with Gasteiger partial charge in [-0.1, -0.05) is 12.1 Å². The van der Waals surface area contributed by atoms with Gasteiger partial charge in [0.25, 0.3) is 0 Å². The largest absolute Gasteiger partial charge is 0.378 e. The van der Waals surface area contributed by atoms with Crippen molar-refractivity contribution in [2.24, 2.45) is 0 Å². The number of aryl methyl sites for hydroxylation is 1. The predicted octanol–water partition coefficient (Wildman–Crippen LogP) is 3.09. The average Bonchev–Trinajstić information content (AvgIpc) is 2.42. The fourth-order valence-corrected chi connectivity index (χ4v) is 1.95. The van der Waals surface area contributed by atoms with Gasteiger partial charge in [-0.25, -0.2) is 0 Å². The zero-order valence-corrected chi connectivity index (χ0v) is 12.7. The molecule has 0 bridgehead atoms. The van der Waals surface area contributed by atoms with E-state index < -0.39 is 0 Å². The lowest BCUT2D eigenvalue weighted by Crippen LogP contribution is -2.27. The Hall–Kier alpha value is -0.770. The first-order chi connectivity index (χ1) is 9.27. The Balaban J connectivity index is 2.22. The zero-order chi connectivity index (χ0) is 13.9. The van der Waals surface area contributed by atoms with Crippen molar-refractivity contribution in [3.63, 3.8) is 0 Å². The fraction of sp³-hybridized carbons (Fsp3) is 0.600. The van der Waals surface area contributed by atoms with E-state index in [9.17, 15) is 0 Å². The van der Waals surface area contributed by atoms with Gasteiger partial charge < -0.3 is 14.4 Å². The second-order valence-electron chi connectivity index (χ2n) is 4.33. The van der Waals surface area contributed by atoms with E-state index in [2.05, 4.69) is 43.0 Å². The first-order valence-corrected chi connectivity index (χ1v) is 7.34. The summed E-state index contributed by atoms with van der Waals surface area (Å²) in [6.07, 6.45) is 0. The Morgan fingerprint density at radius 2 is 1.84 bits per heavy atom. The van der Waals surface area contributed by atoms with Gasteiger partial charge >= 0.3 is 0 Å². The number of benzene rings is 1. The van der Waals surface area contributed by atoms with Gasteiger partial charge in [-0.3, -0.25) is 0 Å². The van der Waals surface area contributed by atoms with Crippen LogP contribution in [0.5, 0.6) is 0 Å². The Morgan fingerprint density at radius 3 is 2.47 bits per heavy atom. The number of hydrogen-bond acceptors (Lipinski definition) is 3. The lowest BCUT2D eigenvalue weighted by atomic mass is 10.2. The fourth-order valence-electron chi connectivity index (χ4n) is 1.85. The maximum atomic E-state index is 5.55. The van der Waals surface area contributed by atoms with Crippen LogP contribution in [-0.2, 0) is 9.47 Å². The minimum Gasteiger partial charge on any atom is -0.378 e. The van der Waals surface area contributed by atoms with E-state index in [0.717, 1.165) is 13.1 Å². The number of anilines is 1. The summed E-state index contributed by atoms with van der Waals surface area (Å²) in [4.78, 5) is 2.31. The minimum atomic E-state index is 0.539. The van der Waals surface area contributed by atoms with Crippen LogP contribution >= 0.6 is 11.6 Å². The van der Waals surface area contributed by atoms with Crippen LogP contribution in [0.25, 0.3) is 0 Å². The van der Waals surface area contributed by atoms with E-state index in [-0.39, 0.29) is 0 Å². The molecule has 0 atom stereocenters. The molecule has 0 unspecified atom stereocenters. The molecule has 0 aliphatic rings. The molecule has 0 aliphatic heterocycles. The third-order valence-corrected chi connectivity index (χ3v) is 3.00. The van der Waals surface area contributed by atoms with Crippen molar-refractivity contribution >= 4 is 17.3 Å². The van der Waals surface area contributed by atoms with Gasteiger partial charge in [0, 0.05) is 24.7 Å². The first-order valence-electron chi connectivity index (χ1n) is 6.81. The number of hydrogen-bond donors (Lipinski definition) is 0. The van der Waals surface area contributed by atoms with E-state index in [1.807, 2.05) is 0 Å². The van der Waals surface area contributed by atoms with Crippen molar-refractivity contribution < 1.29 is 9.47 Å². The summed E-state index contributed by atoms with van der Waals surface area (Å²) in [6.45, 7) is 8.70. The SMILES string of the molecule is CCN(CCOCCOCCCl)c1cccc(C)c1. The first kappa shape index (κ1) is 16.3. The van der Waals surface area contributed by atoms with Crippen LogP contribution in [0.15, 0.2) is 24.3 Å². The monoisotopic (exact) mass is 285 g/mol. The summed E-state index contributed by atoms with van der Waals surface area (Å²) in [5, 5.41) is 0. The molecule has 0 amide bonds. The van der Waals surface area contributed by atoms with E-state index in [0.29, 0.717) is 32.3 Å². The molecule has 0 aliphatic carbocycles. The number of rotatable bonds is 10. The summed E-state index contributed by atoms with van der Waals surface area (Å²) < 4.78 is 10.8. The molecule has 0 spiro atoms. The highest BCUT2D eigenvalue weighted by atomic mass is 35.5. The van der Waals surface area contributed by atoms with Crippen molar-refractivity contribution in [1.82, 2.24) is 0 Å². The molecule has 1 aromatic carbocycles. The Morgan fingerprint density at radius 1 is 1.11 bits per heavy atom.